The maximum absolute atomic E-state index is 9.03. The summed E-state index contributed by atoms with van der Waals surface area (Å²) in [6.07, 6.45) is 0.590. The topological polar surface area (TPSA) is 30.3 Å². The number of halogens is 1. The monoisotopic (exact) mass is 335 g/mol. The van der Waals surface area contributed by atoms with Gasteiger partial charge in [-0.2, -0.15) is 5.26 Å². The second kappa shape index (κ2) is 6.60. The van der Waals surface area contributed by atoms with E-state index in [-0.39, 0.29) is 0 Å². The molecule has 1 fully saturated rings. The fraction of sp³-hybridized carbons (Fsp3) is 0.562. The van der Waals surface area contributed by atoms with Crippen molar-refractivity contribution in [2.24, 2.45) is 5.92 Å². The number of aryl methyl sites for hydroxylation is 1. The molecule has 0 aromatic heterocycles. The van der Waals surface area contributed by atoms with Crippen molar-refractivity contribution >= 4 is 21.6 Å². The first-order chi connectivity index (χ1) is 9.51. The van der Waals surface area contributed by atoms with Crippen LogP contribution in [0.2, 0.25) is 0 Å². The zero-order valence-electron chi connectivity index (χ0n) is 12.4. The Balaban J connectivity index is 2.24. The van der Waals surface area contributed by atoms with E-state index in [4.69, 9.17) is 5.26 Å². The van der Waals surface area contributed by atoms with Crippen molar-refractivity contribution < 1.29 is 0 Å². The van der Waals surface area contributed by atoms with Crippen molar-refractivity contribution in [3.8, 4) is 6.07 Å². The standard InChI is InChI=1S/C16H22BrN3/c1-12-9-19(3)15(6-7-18)11-20(10-12)14-5-4-13(2)16(17)8-14/h4-5,8,12,15H,6,9-11H2,1-3H3. The van der Waals surface area contributed by atoms with Crippen LogP contribution in [0.5, 0.6) is 0 Å². The van der Waals surface area contributed by atoms with E-state index in [9.17, 15) is 0 Å². The van der Waals surface area contributed by atoms with Gasteiger partial charge in [0.05, 0.1) is 12.5 Å². The molecular weight excluding hydrogens is 314 g/mol. The van der Waals surface area contributed by atoms with Crippen molar-refractivity contribution in [3.05, 3.63) is 28.2 Å². The van der Waals surface area contributed by atoms with Gasteiger partial charge in [-0.05, 0) is 37.6 Å². The maximum atomic E-state index is 9.03. The molecule has 1 aliphatic rings. The fourth-order valence-electron chi connectivity index (χ4n) is 2.86. The lowest BCUT2D eigenvalue weighted by molar-refractivity contribution is 0.241. The highest BCUT2D eigenvalue weighted by atomic mass is 79.9. The lowest BCUT2D eigenvalue weighted by atomic mass is 10.1. The SMILES string of the molecule is Cc1ccc(N2CC(C)CN(C)C(CC#N)C2)cc1Br. The van der Waals surface area contributed by atoms with Crippen LogP contribution in [-0.2, 0) is 0 Å². The maximum Gasteiger partial charge on any atom is 0.0638 e. The summed E-state index contributed by atoms with van der Waals surface area (Å²) < 4.78 is 1.15. The van der Waals surface area contributed by atoms with Gasteiger partial charge >= 0.3 is 0 Å². The zero-order chi connectivity index (χ0) is 14.7. The lowest BCUT2D eigenvalue weighted by Crippen LogP contribution is -2.38. The fourth-order valence-corrected chi connectivity index (χ4v) is 3.22. The molecule has 4 heteroatoms. The van der Waals surface area contributed by atoms with E-state index in [0.29, 0.717) is 18.4 Å². The summed E-state index contributed by atoms with van der Waals surface area (Å²) in [4.78, 5) is 4.75. The molecule has 20 heavy (non-hydrogen) atoms. The van der Waals surface area contributed by atoms with Crippen molar-refractivity contribution in [1.29, 1.82) is 5.26 Å². The van der Waals surface area contributed by atoms with Gasteiger partial charge in [0.2, 0.25) is 0 Å². The highest BCUT2D eigenvalue weighted by molar-refractivity contribution is 9.10. The lowest BCUT2D eigenvalue weighted by Gasteiger charge is -2.29. The van der Waals surface area contributed by atoms with Crippen LogP contribution < -0.4 is 4.90 Å². The van der Waals surface area contributed by atoms with Crippen molar-refractivity contribution in [3.63, 3.8) is 0 Å². The molecular formula is C16H22BrN3. The van der Waals surface area contributed by atoms with E-state index in [2.05, 4.69) is 70.9 Å². The van der Waals surface area contributed by atoms with Crippen molar-refractivity contribution in [2.75, 3.05) is 31.6 Å². The minimum Gasteiger partial charge on any atom is -0.370 e. The smallest absolute Gasteiger partial charge is 0.0638 e. The normalized spacial score (nSPS) is 24.2. The van der Waals surface area contributed by atoms with Gasteiger partial charge in [-0.3, -0.25) is 0 Å². The Bertz CT molecular complexity index is 509. The number of hydrogen-bond acceptors (Lipinski definition) is 3. The van der Waals surface area contributed by atoms with Gasteiger partial charge in [-0.1, -0.05) is 28.9 Å². The molecule has 2 atom stereocenters. The van der Waals surface area contributed by atoms with Crippen molar-refractivity contribution in [1.82, 2.24) is 4.90 Å². The van der Waals surface area contributed by atoms with Crippen molar-refractivity contribution in [2.45, 2.75) is 26.3 Å². The number of anilines is 1. The summed E-state index contributed by atoms with van der Waals surface area (Å²) in [6, 6.07) is 9.16. The zero-order valence-corrected chi connectivity index (χ0v) is 14.0. The number of benzene rings is 1. The Morgan fingerprint density at radius 3 is 2.75 bits per heavy atom. The Morgan fingerprint density at radius 2 is 2.10 bits per heavy atom. The second-order valence-corrected chi connectivity index (χ2v) is 6.75. The third-order valence-corrected chi connectivity index (χ3v) is 4.89. The van der Waals surface area contributed by atoms with Crippen LogP contribution in [0.15, 0.2) is 22.7 Å². The molecule has 0 aliphatic carbocycles. The molecule has 1 saturated heterocycles. The molecule has 1 aromatic rings. The summed E-state index contributed by atoms with van der Waals surface area (Å²) in [6.45, 7) is 7.40. The molecule has 2 unspecified atom stereocenters. The average Bonchev–Trinajstić information content (AvgIpc) is 2.53. The van der Waals surface area contributed by atoms with E-state index in [1.54, 1.807) is 0 Å². The molecule has 0 N–H and O–H groups in total. The van der Waals surface area contributed by atoms with Crippen LogP contribution in [0.1, 0.15) is 18.9 Å². The van der Waals surface area contributed by atoms with Crippen LogP contribution in [0, 0.1) is 24.2 Å². The minimum absolute atomic E-state index is 0.310. The molecule has 2 rings (SSSR count). The summed E-state index contributed by atoms with van der Waals surface area (Å²) in [5, 5.41) is 9.03. The molecule has 1 heterocycles. The van der Waals surface area contributed by atoms with Crippen LogP contribution in [0.3, 0.4) is 0 Å². The third-order valence-electron chi connectivity index (χ3n) is 4.03. The number of likely N-dealkylation sites (N-methyl/N-ethyl adjacent to an activating group) is 1. The minimum atomic E-state index is 0.310. The van der Waals surface area contributed by atoms with Gasteiger partial charge in [-0.25, -0.2) is 0 Å². The van der Waals surface area contributed by atoms with Gasteiger partial charge in [0.1, 0.15) is 0 Å². The first kappa shape index (κ1) is 15.3. The van der Waals surface area contributed by atoms with Gasteiger partial charge in [-0.15, -0.1) is 0 Å². The molecule has 0 bridgehead atoms. The first-order valence-electron chi connectivity index (χ1n) is 7.09. The Hall–Kier alpha value is -1.05. The third kappa shape index (κ3) is 3.53. The van der Waals surface area contributed by atoms with E-state index < -0.39 is 0 Å². The summed E-state index contributed by atoms with van der Waals surface area (Å²) in [5.74, 6) is 0.601. The van der Waals surface area contributed by atoms with E-state index >= 15 is 0 Å². The molecule has 0 spiro atoms. The number of rotatable bonds is 2. The predicted octanol–water partition coefficient (Wildman–Crippen LogP) is 3.43. The highest BCUT2D eigenvalue weighted by Crippen LogP contribution is 2.26. The van der Waals surface area contributed by atoms with E-state index in [1.807, 2.05) is 0 Å². The number of hydrogen-bond donors (Lipinski definition) is 0. The summed E-state index contributed by atoms with van der Waals surface area (Å²) in [7, 11) is 2.13. The van der Waals surface area contributed by atoms with Crippen LogP contribution in [0.4, 0.5) is 5.69 Å². The number of nitriles is 1. The van der Waals surface area contributed by atoms with Gasteiger partial charge < -0.3 is 9.80 Å². The number of nitrogens with zero attached hydrogens (tertiary/aromatic N) is 3. The Kier molecular flexibility index (Phi) is 5.06. The van der Waals surface area contributed by atoms with Crippen LogP contribution in [-0.4, -0.2) is 37.6 Å². The van der Waals surface area contributed by atoms with E-state index in [1.165, 1.54) is 11.3 Å². The molecule has 1 aliphatic heterocycles. The summed E-state index contributed by atoms with van der Waals surface area (Å²) >= 11 is 3.62. The quantitative estimate of drug-likeness (QED) is 0.829. The molecule has 0 amide bonds. The highest BCUT2D eigenvalue weighted by Gasteiger charge is 2.26. The molecule has 0 saturated carbocycles. The van der Waals surface area contributed by atoms with E-state index in [0.717, 1.165) is 24.1 Å². The van der Waals surface area contributed by atoms with Crippen LogP contribution in [0.25, 0.3) is 0 Å². The predicted molar refractivity (Wildman–Crippen MR) is 86.9 cm³/mol. The molecule has 0 radical (unpaired) electrons. The van der Waals surface area contributed by atoms with Gasteiger partial charge in [0.15, 0.2) is 0 Å². The molecule has 108 valence electrons. The van der Waals surface area contributed by atoms with Gasteiger partial charge in [0.25, 0.3) is 0 Å². The van der Waals surface area contributed by atoms with Crippen LogP contribution >= 0.6 is 15.9 Å². The Morgan fingerprint density at radius 1 is 1.35 bits per heavy atom. The largest absolute Gasteiger partial charge is 0.370 e. The molecule has 3 nitrogen and oxygen atoms in total. The first-order valence-corrected chi connectivity index (χ1v) is 7.89. The average molecular weight is 336 g/mol. The summed E-state index contributed by atoms with van der Waals surface area (Å²) in [5.41, 5.74) is 2.50. The van der Waals surface area contributed by atoms with Gasteiger partial charge in [0, 0.05) is 35.8 Å². The second-order valence-electron chi connectivity index (χ2n) is 5.90. The molecule has 1 aromatic carbocycles. The Labute approximate surface area is 130 Å².